The molecule has 0 rings (SSSR count). The molecule has 0 aliphatic carbocycles. The average molecular weight is 283 g/mol. The van der Waals surface area contributed by atoms with Crippen molar-refractivity contribution in [2.24, 2.45) is 0 Å². The molecular weight excluding hydrogens is 279 g/mol. The summed E-state index contributed by atoms with van der Waals surface area (Å²) in [6.07, 6.45) is 0. The van der Waals surface area contributed by atoms with Crippen LogP contribution in [-0.4, -0.2) is 63.2 Å². The Hall–Kier alpha value is -0.0940. The number of hydrogen-bond acceptors (Lipinski definition) is 4. The largest absolute Gasteiger partial charge is 0.473 e. The van der Waals surface area contributed by atoms with Gasteiger partial charge in [0.05, 0.1) is 0 Å². The molecule has 0 atom stereocenters. The molecule has 0 aliphatic heterocycles. The molecule has 11 heteroatoms. The van der Waals surface area contributed by atoms with Crippen molar-refractivity contribution in [2.45, 2.75) is 0 Å². The Morgan fingerprint density at radius 2 is 0.600 bits per heavy atom. The minimum atomic E-state index is -1.82. The van der Waals surface area contributed by atoms with Crippen molar-refractivity contribution < 1.29 is 83.0 Å². The van der Waals surface area contributed by atoms with Crippen LogP contribution in [0.1, 0.15) is 0 Å². The molecular formula is C4H4LiO8Ti2. The molecule has 0 aromatic heterocycles. The van der Waals surface area contributed by atoms with Crippen molar-refractivity contribution in [2.75, 3.05) is 0 Å². The third-order valence-corrected chi connectivity index (χ3v) is 0.366. The topological polar surface area (TPSA) is 149 Å². The van der Waals surface area contributed by atoms with Gasteiger partial charge in [0.25, 0.3) is 0 Å². The first-order valence-electron chi connectivity index (χ1n) is 2.21. The van der Waals surface area contributed by atoms with Crippen molar-refractivity contribution in [1.29, 1.82) is 0 Å². The van der Waals surface area contributed by atoms with Crippen molar-refractivity contribution in [3.05, 3.63) is 0 Å². The van der Waals surface area contributed by atoms with Gasteiger partial charge in [-0.2, -0.15) is 0 Å². The fraction of sp³-hybridized carbons (Fsp3) is 0. The Morgan fingerprint density at radius 3 is 0.600 bits per heavy atom. The summed E-state index contributed by atoms with van der Waals surface area (Å²) in [5.41, 5.74) is 0. The second-order valence-electron chi connectivity index (χ2n) is 1.22. The molecule has 0 saturated heterocycles. The normalized spacial score (nSPS) is 5.87. The summed E-state index contributed by atoms with van der Waals surface area (Å²) in [6.45, 7) is 0. The quantitative estimate of drug-likeness (QED) is 0.292. The van der Waals surface area contributed by atoms with Gasteiger partial charge in [0.15, 0.2) is 0 Å². The average Bonchev–Trinajstić information content (AvgIpc) is 1.88. The minimum absolute atomic E-state index is 0. The molecule has 15 heavy (non-hydrogen) atoms. The van der Waals surface area contributed by atoms with Gasteiger partial charge >= 0.3 is 23.9 Å². The number of aliphatic carboxylic acids is 4. The molecule has 0 aliphatic rings. The third-order valence-electron chi connectivity index (χ3n) is 0.366. The first kappa shape index (κ1) is 29.4. The summed E-state index contributed by atoms with van der Waals surface area (Å²) in [4.78, 5) is 36.4. The van der Waals surface area contributed by atoms with E-state index in [0.29, 0.717) is 0 Å². The van der Waals surface area contributed by atoms with Crippen LogP contribution >= 0.6 is 0 Å². The second-order valence-corrected chi connectivity index (χ2v) is 1.22. The van der Waals surface area contributed by atoms with Gasteiger partial charge < -0.3 is 20.4 Å². The van der Waals surface area contributed by atoms with Crippen molar-refractivity contribution in [3.8, 4) is 0 Å². The number of carboxylic acids is 4. The molecule has 0 aromatic rings. The van der Waals surface area contributed by atoms with Crippen LogP contribution in [0, 0.1) is 0 Å². The van der Waals surface area contributed by atoms with Gasteiger partial charge in [0.1, 0.15) is 0 Å². The van der Waals surface area contributed by atoms with E-state index in [4.69, 9.17) is 39.6 Å². The van der Waals surface area contributed by atoms with Crippen LogP contribution in [0.2, 0.25) is 0 Å². The number of carboxylic acid groups (broad SMARTS) is 4. The van der Waals surface area contributed by atoms with Crippen molar-refractivity contribution in [1.82, 2.24) is 0 Å². The van der Waals surface area contributed by atoms with Gasteiger partial charge in [-0.25, -0.2) is 19.2 Å². The van der Waals surface area contributed by atoms with Crippen LogP contribution in [0.3, 0.4) is 0 Å². The molecule has 1 radical (unpaired) electrons. The molecule has 0 spiro atoms. The fourth-order valence-electron chi connectivity index (χ4n) is 0. The molecule has 0 aromatic carbocycles. The van der Waals surface area contributed by atoms with Gasteiger partial charge in [-0.15, -0.1) is 0 Å². The van der Waals surface area contributed by atoms with Crippen LogP contribution in [-0.2, 0) is 62.6 Å². The number of hydrogen-bond donors (Lipinski definition) is 4. The van der Waals surface area contributed by atoms with Crippen LogP contribution in [0.4, 0.5) is 0 Å². The molecule has 8 nitrogen and oxygen atoms in total. The molecule has 0 heterocycles. The van der Waals surface area contributed by atoms with Crippen molar-refractivity contribution >= 4 is 42.7 Å². The Labute approximate surface area is 125 Å². The van der Waals surface area contributed by atoms with E-state index in [1.165, 1.54) is 0 Å². The van der Waals surface area contributed by atoms with Crippen LogP contribution in [0.15, 0.2) is 0 Å². The first-order valence-corrected chi connectivity index (χ1v) is 2.21. The summed E-state index contributed by atoms with van der Waals surface area (Å²) in [7, 11) is 0. The molecule has 77 valence electrons. The van der Waals surface area contributed by atoms with Crippen LogP contribution in [0.25, 0.3) is 0 Å². The second kappa shape index (κ2) is 16.3. The van der Waals surface area contributed by atoms with E-state index in [-0.39, 0.29) is 62.3 Å². The zero-order valence-electron chi connectivity index (χ0n) is 7.42. The smallest absolute Gasteiger partial charge is 0.414 e. The van der Waals surface area contributed by atoms with E-state index in [1.807, 2.05) is 0 Å². The summed E-state index contributed by atoms with van der Waals surface area (Å²) in [6, 6.07) is 0. The van der Waals surface area contributed by atoms with Crippen LogP contribution < -0.4 is 0 Å². The standard InChI is InChI=1S/2C2H2O4.Li.2Ti/c2*3-1(4)2(5)6;;;/h2*(H,3,4)(H,5,6);;;. The van der Waals surface area contributed by atoms with Gasteiger partial charge in [-0.3, -0.25) is 0 Å². The van der Waals surface area contributed by atoms with E-state index in [2.05, 4.69) is 0 Å². The molecule has 4 N–H and O–H groups in total. The van der Waals surface area contributed by atoms with Crippen LogP contribution in [0.5, 0.6) is 0 Å². The third kappa shape index (κ3) is 31.5. The Morgan fingerprint density at radius 1 is 0.533 bits per heavy atom. The van der Waals surface area contributed by atoms with Gasteiger partial charge in [0.2, 0.25) is 0 Å². The molecule has 0 bridgehead atoms. The van der Waals surface area contributed by atoms with Crippen molar-refractivity contribution in [3.63, 3.8) is 0 Å². The number of rotatable bonds is 0. The maximum absolute atomic E-state index is 9.10. The Kier molecular flexibility index (Phi) is 32.0. The van der Waals surface area contributed by atoms with E-state index < -0.39 is 23.9 Å². The van der Waals surface area contributed by atoms with E-state index in [1.54, 1.807) is 0 Å². The maximum atomic E-state index is 9.10. The summed E-state index contributed by atoms with van der Waals surface area (Å²) in [5, 5.41) is 29.6. The van der Waals surface area contributed by atoms with Gasteiger partial charge in [-0.05, 0) is 0 Å². The monoisotopic (exact) mass is 283 g/mol. The predicted molar refractivity (Wildman–Crippen MR) is 36.3 cm³/mol. The Bertz CT molecular complexity index is 181. The summed E-state index contributed by atoms with van der Waals surface area (Å²) in [5.74, 6) is -7.30. The Balaban J connectivity index is -0.0000000370. The van der Waals surface area contributed by atoms with Gasteiger partial charge in [-0.1, -0.05) is 0 Å². The first-order chi connectivity index (χ1) is 5.29. The molecule has 0 fully saturated rings. The minimum Gasteiger partial charge on any atom is -0.473 e. The molecule has 0 saturated carbocycles. The molecule has 0 unspecified atom stereocenters. The SMILES string of the molecule is O=C(O)C(=O)O.O=C(O)C(=O)O.[Li].[Ti].[Ti]. The zero-order valence-corrected chi connectivity index (χ0v) is 10.5. The predicted octanol–water partition coefficient (Wildman–Crippen LogP) is -2.07. The van der Waals surface area contributed by atoms with E-state index in [9.17, 15) is 0 Å². The van der Waals surface area contributed by atoms with E-state index in [0.717, 1.165) is 0 Å². The van der Waals surface area contributed by atoms with E-state index >= 15 is 0 Å². The maximum Gasteiger partial charge on any atom is 0.414 e. The summed E-state index contributed by atoms with van der Waals surface area (Å²) >= 11 is 0. The molecule has 0 amide bonds. The summed E-state index contributed by atoms with van der Waals surface area (Å²) < 4.78 is 0. The van der Waals surface area contributed by atoms with Gasteiger partial charge in [0, 0.05) is 62.3 Å². The zero-order chi connectivity index (χ0) is 10.3. The fourth-order valence-corrected chi connectivity index (χ4v) is 0. The number of carbonyl (C=O) groups is 4.